The van der Waals surface area contributed by atoms with Crippen LogP contribution in [0.4, 0.5) is 0 Å². The van der Waals surface area contributed by atoms with E-state index in [2.05, 4.69) is 33.4 Å². The van der Waals surface area contributed by atoms with Gasteiger partial charge in [-0.05, 0) is 61.9 Å². The van der Waals surface area contributed by atoms with Crippen LogP contribution < -0.4 is 9.47 Å². The molecule has 0 unspecified atom stereocenters. The average molecular weight is 401 g/mol. The Bertz CT molecular complexity index is 808. The zero-order chi connectivity index (χ0) is 19.5. The van der Waals surface area contributed by atoms with Gasteiger partial charge in [0.2, 0.25) is 5.91 Å². The monoisotopic (exact) mass is 400 g/mol. The SMILES string of the molecule is COc1ccc(OC)c([C@H]2CCCN2CC(=O)N2CCC[C@H]2c2cccs2)c1. The summed E-state index contributed by atoms with van der Waals surface area (Å²) in [6.07, 6.45) is 4.28. The molecule has 2 aromatic rings. The van der Waals surface area contributed by atoms with Crippen molar-refractivity contribution < 1.29 is 14.3 Å². The molecule has 1 aromatic heterocycles. The zero-order valence-electron chi connectivity index (χ0n) is 16.6. The highest BCUT2D eigenvalue weighted by Crippen LogP contribution is 2.40. The van der Waals surface area contributed by atoms with Gasteiger partial charge in [0.1, 0.15) is 11.5 Å². The van der Waals surface area contributed by atoms with Crippen LogP contribution in [-0.2, 0) is 4.79 Å². The van der Waals surface area contributed by atoms with Crippen LogP contribution in [0.2, 0.25) is 0 Å². The fourth-order valence-electron chi connectivity index (χ4n) is 4.57. The van der Waals surface area contributed by atoms with Crippen LogP contribution in [0.25, 0.3) is 0 Å². The number of carbonyl (C=O) groups is 1. The number of ether oxygens (including phenoxy) is 2. The van der Waals surface area contributed by atoms with Gasteiger partial charge in [0.25, 0.3) is 0 Å². The summed E-state index contributed by atoms with van der Waals surface area (Å²) < 4.78 is 11.0. The van der Waals surface area contributed by atoms with Crippen LogP contribution in [-0.4, -0.2) is 49.6 Å². The molecule has 0 spiro atoms. The van der Waals surface area contributed by atoms with Gasteiger partial charge in [0.05, 0.1) is 26.8 Å². The second kappa shape index (κ2) is 8.53. The lowest BCUT2D eigenvalue weighted by atomic mass is 10.0. The molecule has 0 radical (unpaired) electrons. The minimum absolute atomic E-state index is 0.191. The smallest absolute Gasteiger partial charge is 0.237 e. The zero-order valence-corrected chi connectivity index (χ0v) is 17.4. The molecule has 2 atom stereocenters. The molecule has 6 heteroatoms. The Morgan fingerprint density at radius 1 is 1.11 bits per heavy atom. The molecule has 1 amide bonds. The van der Waals surface area contributed by atoms with Gasteiger partial charge in [-0.15, -0.1) is 11.3 Å². The summed E-state index contributed by atoms with van der Waals surface area (Å²) in [5.74, 6) is 1.93. The molecule has 3 heterocycles. The van der Waals surface area contributed by atoms with Crippen molar-refractivity contribution in [1.29, 1.82) is 0 Å². The predicted molar refractivity (Wildman–Crippen MR) is 111 cm³/mol. The van der Waals surface area contributed by atoms with E-state index < -0.39 is 0 Å². The lowest BCUT2D eigenvalue weighted by molar-refractivity contribution is -0.133. The van der Waals surface area contributed by atoms with E-state index >= 15 is 0 Å². The average Bonchev–Trinajstić information content (AvgIpc) is 3.47. The molecule has 0 saturated carbocycles. The number of amides is 1. The van der Waals surface area contributed by atoms with Crippen molar-refractivity contribution in [3.63, 3.8) is 0 Å². The first-order chi connectivity index (χ1) is 13.7. The molecule has 2 aliphatic heterocycles. The molecule has 4 rings (SSSR count). The van der Waals surface area contributed by atoms with E-state index in [4.69, 9.17) is 9.47 Å². The molecule has 150 valence electrons. The van der Waals surface area contributed by atoms with Gasteiger partial charge in [-0.1, -0.05) is 6.07 Å². The first-order valence-electron chi connectivity index (χ1n) is 10.00. The number of hydrogen-bond donors (Lipinski definition) is 0. The van der Waals surface area contributed by atoms with Crippen molar-refractivity contribution in [2.45, 2.75) is 37.8 Å². The van der Waals surface area contributed by atoms with Crippen molar-refractivity contribution in [1.82, 2.24) is 9.80 Å². The number of nitrogens with zero attached hydrogens (tertiary/aromatic N) is 2. The summed E-state index contributed by atoms with van der Waals surface area (Å²) in [6.45, 7) is 2.27. The second-order valence-electron chi connectivity index (χ2n) is 7.50. The first-order valence-corrected chi connectivity index (χ1v) is 10.9. The topological polar surface area (TPSA) is 42.0 Å². The standard InChI is InChI=1S/C22H28N2O3S/c1-26-16-9-10-20(27-2)17(14-16)18-6-3-11-23(18)15-22(25)24-12-4-7-19(24)21-8-5-13-28-21/h5,8-10,13-14,18-19H,3-4,6-7,11-12,15H2,1-2H3/t18-,19+/m1/s1. The summed E-state index contributed by atoms with van der Waals surface area (Å²) in [5.41, 5.74) is 1.11. The molecule has 5 nitrogen and oxygen atoms in total. The molecule has 2 saturated heterocycles. The number of carbonyl (C=O) groups excluding carboxylic acids is 1. The highest BCUT2D eigenvalue weighted by atomic mass is 32.1. The Kier molecular flexibility index (Phi) is 5.87. The molecular weight excluding hydrogens is 372 g/mol. The third-order valence-corrected chi connectivity index (χ3v) is 6.92. The number of rotatable bonds is 6. The molecule has 0 bridgehead atoms. The van der Waals surface area contributed by atoms with E-state index in [1.807, 2.05) is 12.1 Å². The molecule has 0 aliphatic carbocycles. The van der Waals surface area contributed by atoms with Gasteiger partial charge in [0.15, 0.2) is 0 Å². The molecule has 1 aromatic carbocycles. The minimum atomic E-state index is 0.191. The minimum Gasteiger partial charge on any atom is -0.497 e. The Balaban J connectivity index is 1.51. The number of hydrogen-bond acceptors (Lipinski definition) is 5. The van der Waals surface area contributed by atoms with Crippen LogP contribution in [0.3, 0.4) is 0 Å². The lowest BCUT2D eigenvalue weighted by Gasteiger charge is -2.30. The Labute approximate surface area is 170 Å². The third kappa shape index (κ3) is 3.76. The first kappa shape index (κ1) is 19.3. The molecular formula is C22H28N2O3S. The van der Waals surface area contributed by atoms with Gasteiger partial charge in [-0.25, -0.2) is 0 Å². The van der Waals surface area contributed by atoms with E-state index in [1.165, 1.54) is 4.88 Å². The second-order valence-corrected chi connectivity index (χ2v) is 8.48. The molecule has 2 aliphatic rings. The number of thiophene rings is 1. The molecule has 2 fully saturated rings. The van der Waals surface area contributed by atoms with Crippen molar-refractivity contribution >= 4 is 17.2 Å². The lowest BCUT2D eigenvalue weighted by Crippen LogP contribution is -2.39. The predicted octanol–water partition coefficient (Wildman–Crippen LogP) is 4.27. The normalized spacial score (nSPS) is 22.6. The molecule has 28 heavy (non-hydrogen) atoms. The number of methoxy groups -OCH3 is 2. The van der Waals surface area contributed by atoms with Crippen LogP contribution in [0, 0.1) is 0 Å². The van der Waals surface area contributed by atoms with Crippen molar-refractivity contribution in [3.8, 4) is 11.5 Å². The quantitative estimate of drug-likeness (QED) is 0.726. The van der Waals surface area contributed by atoms with Crippen molar-refractivity contribution in [3.05, 3.63) is 46.2 Å². The van der Waals surface area contributed by atoms with E-state index in [-0.39, 0.29) is 18.0 Å². The Hall–Kier alpha value is -2.05. The highest BCUT2D eigenvalue weighted by Gasteiger charge is 2.35. The van der Waals surface area contributed by atoms with Crippen molar-refractivity contribution in [2.75, 3.05) is 33.9 Å². The van der Waals surface area contributed by atoms with Crippen LogP contribution in [0.1, 0.15) is 48.2 Å². The summed E-state index contributed by atoms with van der Waals surface area (Å²) in [6, 6.07) is 10.6. The molecule has 0 N–H and O–H groups in total. The van der Waals surface area contributed by atoms with Gasteiger partial charge >= 0.3 is 0 Å². The summed E-state index contributed by atoms with van der Waals surface area (Å²) in [5, 5.41) is 2.10. The Morgan fingerprint density at radius 3 is 2.68 bits per heavy atom. The van der Waals surface area contributed by atoms with E-state index in [1.54, 1.807) is 25.6 Å². The van der Waals surface area contributed by atoms with Crippen LogP contribution >= 0.6 is 11.3 Å². The summed E-state index contributed by atoms with van der Waals surface area (Å²) in [7, 11) is 3.38. The van der Waals surface area contributed by atoms with Crippen LogP contribution in [0.15, 0.2) is 35.7 Å². The van der Waals surface area contributed by atoms with E-state index in [0.29, 0.717) is 6.54 Å². The fourth-order valence-corrected chi connectivity index (χ4v) is 5.45. The summed E-state index contributed by atoms with van der Waals surface area (Å²) >= 11 is 1.75. The van der Waals surface area contributed by atoms with Gasteiger partial charge < -0.3 is 14.4 Å². The maximum atomic E-state index is 13.2. The fraction of sp³-hybridized carbons (Fsp3) is 0.500. The number of likely N-dealkylation sites (tertiary alicyclic amines) is 2. The van der Waals surface area contributed by atoms with E-state index in [9.17, 15) is 4.79 Å². The van der Waals surface area contributed by atoms with Gasteiger partial charge in [-0.3, -0.25) is 9.69 Å². The van der Waals surface area contributed by atoms with Crippen molar-refractivity contribution in [2.24, 2.45) is 0 Å². The maximum absolute atomic E-state index is 13.2. The largest absolute Gasteiger partial charge is 0.497 e. The highest BCUT2D eigenvalue weighted by molar-refractivity contribution is 7.10. The summed E-state index contributed by atoms with van der Waals surface area (Å²) in [4.78, 5) is 18.9. The number of benzene rings is 1. The van der Waals surface area contributed by atoms with Crippen LogP contribution in [0.5, 0.6) is 11.5 Å². The van der Waals surface area contributed by atoms with Gasteiger partial charge in [0, 0.05) is 23.0 Å². The van der Waals surface area contributed by atoms with Gasteiger partial charge in [-0.2, -0.15) is 0 Å². The maximum Gasteiger partial charge on any atom is 0.237 e. The third-order valence-electron chi connectivity index (χ3n) is 5.94. The Morgan fingerprint density at radius 2 is 1.93 bits per heavy atom. The van der Waals surface area contributed by atoms with E-state index in [0.717, 1.165) is 55.8 Å².